The quantitative estimate of drug-likeness (QED) is 0.127. The van der Waals surface area contributed by atoms with E-state index >= 15 is 0 Å². The van der Waals surface area contributed by atoms with Crippen molar-refractivity contribution in [2.75, 3.05) is 6.61 Å². The highest BCUT2D eigenvalue weighted by atomic mass is 16.6. The second-order valence-corrected chi connectivity index (χ2v) is 8.88. The van der Waals surface area contributed by atoms with Gasteiger partial charge in [0.15, 0.2) is 34.2 Å². The molecule has 2 aromatic carbocycles. The number of phenolic OH excluding ortho intramolecular Hbond substituents is 4. The van der Waals surface area contributed by atoms with Crippen molar-refractivity contribution in [3.05, 3.63) is 59.7 Å². The molecule has 8 N–H and O–H groups in total. The number of carboxylic acids is 1. The smallest absolute Gasteiger partial charge is 0.335 e. The van der Waals surface area contributed by atoms with E-state index in [1.165, 1.54) is 24.3 Å². The lowest BCUT2D eigenvalue weighted by molar-refractivity contribution is -0.246. The fraction of sp³-hybridized carbons (Fsp3) is 0.269. The first kappa shape index (κ1) is 29.0. The van der Waals surface area contributed by atoms with Gasteiger partial charge >= 0.3 is 17.9 Å². The Kier molecular flexibility index (Phi) is 8.49. The number of aromatic hydroxyl groups is 4. The van der Waals surface area contributed by atoms with Crippen molar-refractivity contribution < 1.29 is 64.7 Å². The van der Waals surface area contributed by atoms with E-state index in [-0.39, 0.29) is 11.1 Å². The van der Waals surface area contributed by atoms with E-state index in [0.29, 0.717) is 0 Å². The normalized spacial score (nSPS) is 25.0. The second-order valence-electron chi connectivity index (χ2n) is 8.88. The average Bonchev–Trinajstić information content (AvgIpc) is 2.87. The number of benzene rings is 2. The van der Waals surface area contributed by atoms with Crippen LogP contribution in [0.15, 0.2) is 48.6 Å². The number of carbonyl (C=O) groups is 3. The molecule has 39 heavy (non-hydrogen) atoms. The highest BCUT2D eigenvalue weighted by Gasteiger charge is 2.61. The molecule has 4 atom stereocenters. The molecule has 2 aromatic rings. The topological polar surface area (TPSA) is 232 Å². The molecule has 4 unspecified atom stereocenters. The number of rotatable bonds is 8. The number of aliphatic carboxylic acids is 1. The van der Waals surface area contributed by atoms with Crippen LogP contribution >= 0.6 is 0 Å². The van der Waals surface area contributed by atoms with Gasteiger partial charge in [-0.1, -0.05) is 12.1 Å². The lowest BCUT2D eigenvalue weighted by Gasteiger charge is -2.48. The van der Waals surface area contributed by atoms with E-state index in [0.717, 1.165) is 36.4 Å². The zero-order valence-corrected chi connectivity index (χ0v) is 20.2. The summed E-state index contributed by atoms with van der Waals surface area (Å²) in [4.78, 5) is 36.9. The van der Waals surface area contributed by atoms with Crippen LogP contribution in [0.3, 0.4) is 0 Å². The number of esters is 2. The third-order valence-electron chi connectivity index (χ3n) is 6.18. The SMILES string of the molecule is O=C(C=Cc1ccc(O)c(O)c1)OC1CC(O)(C(=O)O)CC(O)C1(CO)OC(=O)C=Cc1ccc(O)c(O)c1. The highest BCUT2D eigenvalue weighted by Crippen LogP contribution is 2.40. The summed E-state index contributed by atoms with van der Waals surface area (Å²) in [5.41, 5.74) is -4.45. The third-order valence-corrected chi connectivity index (χ3v) is 6.18. The molecule has 0 saturated heterocycles. The Morgan fingerprint density at radius 3 is 1.82 bits per heavy atom. The Morgan fingerprint density at radius 1 is 0.846 bits per heavy atom. The number of hydrogen-bond donors (Lipinski definition) is 8. The van der Waals surface area contributed by atoms with Crippen LogP contribution in [0.5, 0.6) is 23.0 Å². The molecule has 0 amide bonds. The third kappa shape index (κ3) is 6.46. The maximum Gasteiger partial charge on any atom is 0.335 e. The first-order valence-electron chi connectivity index (χ1n) is 11.4. The maximum atomic E-state index is 12.6. The second kappa shape index (κ2) is 11.4. The molecule has 3 rings (SSSR count). The Labute approximate surface area is 220 Å². The van der Waals surface area contributed by atoms with Crippen LogP contribution in [0, 0.1) is 0 Å². The highest BCUT2D eigenvalue weighted by molar-refractivity contribution is 5.89. The van der Waals surface area contributed by atoms with E-state index in [9.17, 15) is 55.2 Å². The minimum Gasteiger partial charge on any atom is -0.504 e. The fourth-order valence-electron chi connectivity index (χ4n) is 3.98. The first-order valence-corrected chi connectivity index (χ1v) is 11.4. The molecule has 0 spiro atoms. The summed E-state index contributed by atoms with van der Waals surface area (Å²) in [7, 11) is 0. The molecule has 0 heterocycles. The van der Waals surface area contributed by atoms with Crippen molar-refractivity contribution in [1.82, 2.24) is 0 Å². The number of ether oxygens (including phenoxy) is 2. The molecule has 0 aromatic heterocycles. The van der Waals surface area contributed by atoms with Crippen molar-refractivity contribution in [2.45, 2.75) is 36.3 Å². The molecular weight excluding hydrogens is 520 g/mol. The van der Waals surface area contributed by atoms with Gasteiger partial charge in [-0.25, -0.2) is 14.4 Å². The summed E-state index contributed by atoms with van der Waals surface area (Å²) >= 11 is 0. The zero-order valence-electron chi connectivity index (χ0n) is 20.2. The van der Waals surface area contributed by atoms with Crippen LogP contribution in [-0.2, 0) is 23.9 Å². The van der Waals surface area contributed by atoms with Gasteiger partial charge in [0.05, 0.1) is 6.61 Å². The largest absolute Gasteiger partial charge is 0.504 e. The lowest BCUT2D eigenvalue weighted by Crippen LogP contribution is -2.67. The molecule has 1 aliphatic rings. The van der Waals surface area contributed by atoms with Gasteiger partial charge in [-0.2, -0.15) is 0 Å². The van der Waals surface area contributed by atoms with E-state index in [1.54, 1.807) is 0 Å². The molecule has 13 heteroatoms. The Bertz CT molecular complexity index is 1320. The van der Waals surface area contributed by atoms with Crippen LogP contribution in [-0.4, -0.2) is 88.8 Å². The standard InChI is InChI=1S/C26H26O13/c27-13-26(39-23(34)8-4-15-2-6-17(29)19(31)10-15)20(32)11-25(37,24(35)36)12-21(26)38-22(33)7-3-14-1-5-16(28)18(30)9-14/h1-10,20-21,27-32,37H,11-13H2,(H,35,36). The molecule has 1 aliphatic carbocycles. The van der Waals surface area contributed by atoms with E-state index in [4.69, 9.17) is 9.47 Å². The number of carbonyl (C=O) groups excluding carboxylic acids is 2. The summed E-state index contributed by atoms with van der Waals surface area (Å²) in [6.07, 6.45) is -1.52. The fourth-order valence-corrected chi connectivity index (χ4v) is 3.98. The summed E-state index contributed by atoms with van der Waals surface area (Å²) in [6.45, 7) is -1.13. The maximum absolute atomic E-state index is 12.6. The van der Waals surface area contributed by atoms with Gasteiger partial charge in [0.1, 0.15) is 12.2 Å². The zero-order chi connectivity index (χ0) is 29.0. The van der Waals surface area contributed by atoms with Crippen molar-refractivity contribution in [2.24, 2.45) is 0 Å². The Morgan fingerprint density at radius 2 is 1.36 bits per heavy atom. The van der Waals surface area contributed by atoms with Crippen molar-refractivity contribution >= 4 is 30.1 Å². The van der Waals surface area contributed by atoms with Gasteiger partial charge in [0.25, 0.3) is 0 Å². The van der Waals surface area contributed by atoms with Crippen LogP contribution in [0.1, 0.15) is 24.0 Å². The molecule has 0 aliphatic heterocycles. The Hall–Kier alpha value is -4.59. The van der Waals surface area contributed by atoms with Crippen molar-refractivity contribution in [3.8, 4) is 23.0 Å². The summed E-state index contributed by atoms with van der Waals surface area (Å²) in [5.74, 6) is -5.77. The predicted octanol–water partition coefficient (Wildman–Crippen LogP) is 0.392. The summed E-state index contributed by atoms with van der Waals surface area (Å²) in [6, 6.07) is 7.30. The number of carboxylic acid groups (broad SMARTS) is 1. The molecule has 1 saturated carbocycles. The lowest BCUT2D eigenvalue weighted by atomic mass is 9.72. The first-order chi connectivity index (χ1) is 18.3. The summed E-state index contributed by atoms with van der Waals surface area (Å²) in [5, 5.41) is 78.8. The van der Waals surface area contributed by atoms with Gasteiger partial charge in [-0.15, -0.1) is 0 Å². The molecule has 0 radical (unpaired) electrons. The van der Waals surface area contributed by atoms with E-state index in [1.807, 2.05) is 0 Å². The monoisotopic (exact) mass is 546 g/mol. The van der Waals surface area contributed by atoms with Crippen LogP contribution < -0.4 is 0 Å². The van der Waals surface area contributed by atoms with Gasteiger partial charge in [0, 0.05) is 25.0 Å². The number of aliphatic hydroxyl groups excluding tert-OH is 2. The average molecular weight is 546 g/mol. The van der Waals surface area contributed by atoms with E-state index in [2.05, 4.69) is 0 Å². The van der Waals surface area contributed by atoms with Gasteiger partial charge in [0.2, 0.25) is 0 Å². The molecule has 13 nitrogen and oxygen atoms in total. The molecular formula is C26H26O13. The van der Waals surface area contributed by atoms with E-state index < -0.39 is 83.8 Å². The van der Waals surface area contributed by atoms with Gasteiger partial charge < -0.3 is 50.3 Å². The minimum absolute atomic E-state index is 0.262. The van der Waals surface area contributed by atoms with Crippen molar-refractivity contribution in [3.63, 3.8) is 0 Å². The van der Waals surface area contributed by atoms with Crippen LogP contribution in [0.25, 0.3) is 12.2 Å². The number of phenols is 4. The predicted molar refractivity (Wildman–Crippen MR) is 131 cm³/mol. The van der Waals surface area contributed by atoms with Crippen molar-refractivity contribution in [1.29, 1.82) is 0 Å². The molecule has 208 valence electrons. The van der Waals surface area contributed by atoms with Gasteiger partial charge in [-0.05, 0) is 47.5 Å². The van der Waals surface area contributed by atoms with Crippen LogP contribution in [0.4, 0.5) is 0 Å². The van der Waals surface area contributed by atoms with Gasteiger partial charge in [-0.3, -0.25) is 0 Å². The molecule has 0 bridgehead atoms. The van der Waals surface area contributed by atoms with Crippen LogP contribution in [0.2, 0.25) is 0 Å². The molecule has 1 fully saturated rings. The summed E-state index contributed by atoms with van der Waals surface area (Å²) < 4.78 is 10.5. The number of hydrogen-bond acceptors (Lipinski definition) is 12. The number of aliphatic hydroxyl groups is 3. The Balaban J connectivity index is 1.87. The minimum atomic E-state index is -2.60.